The fourth-order valence-electron chi connectivity index (χ4n) is 2.29. The van der Waals surface area contributed by atoms with Gasteiger partial charge in [0.1, 0.15) is 6.54 Å². The molecular weight excluding hydrogens is 391 g/mol. The van der Waals surface area contributed by atoms with Crippen molar-refractivity contribution in [2.45, 2.75) is 6.54 Å². The van der Waals surface area contributed by atoms with Crippen LogP contribution in [0.3, 0.4) is 0 Å². The van der Waals surface area contributed by atoms with E-state index in [1.54, 1.807) is 16.8 Å². The number of aromatic nitrogens is 1. The summed E-state index contributed by atoms with van der Waals surface area (Å²) in [7, 11) is 0. The minimum absolute atomic E-state index is 0.0371. The molecule has 0 saturated carbocycles. The number of nitrogens with one attached hydrogen (secondary N) is 1. The van der Waals surface area contributed by atoms with Crippen molar-refractivity contribution in [3.63, 3.8) is 0 Å². The van der Waals surface area contributed by atoms with Crippen LogP contribution < -0.4 is 10.7 Å². The molecule has 1 heterocycles. The highest BCUT2D eigenvalue weighted by atomic mass is 127. The predicted molar refractivity (Wildman–Crippen MR) is 96.0 cm³/mol. The van der Waals surface area contributed by atoms with Crippen LogP contribution in [0.4, 0.5) is 5.69 Å². The van der Waals surface area contributed by atoms with Gasteiger partial charge >= 0.3 is 0 Å². The smallest absolute Gasteiger partial charge is 0.244 e. The van der Waals surface area contributed by atoms with Gasteiger partial charge in [-0.1, -0.05) is 12.1 Å². The number of halogens is 1. The van der Waals surface area contributed by atoms with Crippen molar-refractivity contribution < 1.29 is 4.79 Å². The Balaban J connectivity index is 1.84. The summed E-state index contributed by atoms with van der Waals surface area (Å²) < 4.78 is 2.89. The number of hydrogen-bond acceptors (Lipinski definition) is 2. The topological polar surface area (TPSA) is 51.1 Å². The molecule has 2 aromatic carbocycles. The molecule has 4 nitrogen and oxygen atoms in total. The van der Waals surface area contributed by atoms with E-state index in [2.05, 4.69) is 27.9 Å². The van der Waals surface area contributed by atoms with Crippen LogP contribution in [0, 0.1) is 3.57 Å². The average molecular weight is 404 g/mol. The Morgan fingerprint density at radius 2 is 1.77 bits per heavy atom. The highest BCUT2D eigenvalue weighted by Crippen LogP contribution is 2.12. The molecule has 0 aliphatic rings. The monoisotopic (exact) mass is 404 g/mol. The number of hydrogen-bond donors (Lipinski definition) is 1. The molecular formula is C17H13IN2O2. The summed E-state index contributed by atoms with van der Waals surface area (Å²) in [4.78, 5) is 24.0. The number of nitrogens with zero attached hydrogens (tertiary/aromatic N) is 1. The number of benzene rings is 2. The predicted octanol–water partition coefficient (Wildman–Crippen LogP) is 3.24. The minimum Gasteiger partial charge on any atom is -0.338 e. The normalized spacial score (nSPS) is 10.6. The lowest BCUT2D eigenvalue weighted by Gasteiger charge is -2.11. The number of carbonyl (C=O) groups excluding carboxylic acids is 1. The first kappa shape index (κ1) is 14.8. The maximum atomic E-state index is 12.2. The Bertz CT molecular complexity index is 885. The van der Waals surface area contributed by atoms with Crippen LogP contribution in [-0.4, -0.2) is 10.5 Å². The maximum absolute atomic E-state index is 12.2. The van der Waals surface area contributed by atoms with Crippen molar-refractivity contribution in [2.75, 3.05) is 5.32 Å². The zero-order valence-corrected chi connectivity index (χ0v) is 13.8. The third kappa shape index (κ3) is 3.19. The van der Waals surface area contributed by atoms with Crippen LogP contribution in [0.5, 0.6) is 0 Å². The fourth-order valence-corrected chi connectivity index (χ4v) is 2.65. The minimum atomic E-state index is -0.130. The lowest BCUT2D eigenvalue weighted by atomic mass is 10.2. The van der Waals surface area contributed by atoms with Gasteiger partial charge in [0.25, 0.3) is 0 Å². The number of carbonyl (C=O) groups is 1. The SMILES string of the molecule is O=C(Cn1ccc(=O)c2ccccc21)Nc1ccc(I)cc1. The second kappa shape index (κ2) is 6.31. The van der Waals surface area contributed by atoms with E-state index >= 15 is 0 Å². The molecule has 0 saturated heterocycles. The summed E-state index contributed by atoms with van der Waals surface area (Å²) in [5, 5.41) is 3.47. The van der Waals surface area contributed by atoms with Crippen molar-refractivity contribution in [2.24, 2.45) is 0 Å². The molecule has 3 aromatic rings. The highest BCUT2D eigenvalue weighted by Gasteiger charge is 2.07. The summed E-state index contributed by atoms with van der Waals surface area (Å²) in [6, 6.07) is 16.4. The van der Waals surface area contributed by atoms with E-state index < -0.39 is 0 Å². The van der Waals surface area contributed by atoms with Gasteiger partial charge in [0, 0.05) is 26.9 Å². The van der Waals surface area contributed by atoms with E-state index in [-0.39, 0.29) is 17.9 Å². The molecule has 0 radical (unpaired) electrons. The van der Waals surface area contributed by atoms with E-state index in [4.69, 9.17) is 0 Å². The second-order valence-corrected chi connectivity index (χ2v) is 6.13. The summed E-state index contributed by atoms with van der Waals surface area (Å²) in [6.07, 6.45) is 1.65. The number of amides is 1. The molecule has 3 rings (SSSR count). The van der Waals surface area contributed by atoms with E-state index in [0.29, 0.717) is 5.39 Å². The largest absolute Gasteiger partial charge is 0.338 e. The standard InChI is InChI=1S/C17H13IN2O2/c18-12-5-7-13(8-6-12)19-17(22)11-20-10-9-16(21)14-3-1-2-4-15(14)20/h1-10H,11H2,(H,19,22). The third-order valence-electron chi connectivity index (χ3n) is 3.33. The zero-order valence-electron chi connectivity index (χ0n) is 11.6. The fraction of sp³-hybridized carbons (Fsp3) is 0.0588. The van der Waals surface area contributed by atoms with Gasteiger partial charge in [-0.25, -0.2) is 0 Å². The Kier molecular flexibility index (Phi) is 4.24. The quantitative estimate of drug-likeness (QED) is 0.682. The Morgan fingerprint density at radius 1 is 1.05 bits per heavy atom. The summed E-state index contributed by atoms with van der Waals surface area (Å²) in [5.41, 5.74) is 1.48. The molecule has 0 aliphatic carbocycles. The van der Waals surface area contributed by atoms with Crippen molar-refractivity contribution in [1.82, 2.24) is 4.57 Å². The van der Waals surface area contributed by atoms with Crippen molar-refractivity contribution >= 4 is 45.1 Å². The number of anilines is 1. The molecule has 110 valence electrons. The molecule has 0 spiro atoms. The lowest BCUT2D eigenvalue weighted by molar-refractivity contribution is -0.116. The van der Waals surface area contributed by atoms with Gasteiger partial charge in [0.15, 0.2) is 5.43 Å². The molecule has 1 amide bonds. The van der Waals surface area contributed by atoms with Crippen molar-refractivity contribution in [3.8, 4) is 0 Å². The molecule has 5 heteroatoms. The first-order chi connectivity index (χ1) is 10.6. The Morgan fingerprint density at radius 3 is 2.55 bits per heavy atom. The first-order valence-electron chi connectivity index (χ1n) is 6.77. The maximum Gasteiger partial charge on any atom is 0.244 e. The lowest BCUT2D eigenvalue weighted by Crippen LogP contribution is -2.20. The second-order valence-electron chi connectivity index (χ2n) is 4.88. The number of pyridine rings is 1. The van der Waals surface area contributed by atoms with Gasteiger partial charge in [0.2, 0.25) is 5.91 Å². The molecule has 0 unspecified atom stereocenters. The van der Waals surface area contributed by atoms with Crippen LogP contribution in [0.1, 0.15) is 0 Å². The molecule has 1 N–H and O–H groups in total. The van der Waals surface area contributed by atoms with Crippen LogP contribution in [0.15, 0.2) is 65.6 Å². The number of para-hydroxylation sites is 1. The molecule has 0 fully saturated rings. The van der Waals surface area contributed by atoms with Crippen LogP contribution in [-0.2, 0) is 11.3 Å². The molecule has 22 heavy (non-hydrogen) atoms. The van der Waals surface area contributed by atoms with E-state index in [1.807, 2.05) is 42.5 Å². The number of rotatable bonds is 3. The first-order valence-corrected chi connectivity index (χ1v) is 7.85. The Hall–Kier alpha value is -2.15. The van der Waals surface area contributed by atoms with Crippen LogP contribution >= 0.6 is 22.6 Å². The molecule has 0 atom stereocenters. The van der Waals surface area contributed by atoms with Gasteiger partial charge in [0.05, 0.1) is 5.52 Å². The highest BCUT2D eigenvalue weighted by molar-refractivity contribution is 14.1. The van der Waals surface area contributed by atoms with Crippen molar-refractivity contribution in [3.05, 3.63) is 74.6 Å². The third-order valence-corrected chi connectivity index (χ3v) is 4.05. The summed E-state index contributed by atoms with van der Waals surface area (Å²) in [6.45, 7) is 0.160. The van der Waals surface area contributed by atoms with Gasteiger partial charge in [-0.3, -0.25) is 9.59 Å². The zero-order chi connectivity index (χ0) is 15.5. The molecule has 0 aliphatic heterocycles. The van der Waals surface area contributed by atoms with Crippen LogP contribution in [0.2, 0.25) is 0 Å². The number of fused-ring (bicyclic) bond motifs is 1. The van der Waals surface area contributed by atoms with Crippen molar-refractivity contribution in [1.29, 1.82) is 0 Å². The molecule has 0 bridgehead atoms. The van der Waals surface area contributed by atoms with E-state index in [0.717, 1.165) is 14.8 Å². The van der Waals surface area contributed by atoms with Gasteiger partial charge in [-0.2, -0.15) is 0 Å². The van der Waals surface area contributed by atoms with Gasteiger partial charge in [-0.05, 0) is 59.0 Å². The van der Waals surface area contributed by atoms with Gasteiger partial charge in [-0.15, -0.1) is 0 Å². The summed E-state index contributed by atoms with van der Waals surface area (Å²) >= 11 is 2.21. The van der Waals surface area contributed by atoms with Gasteiger partial charge < -0.3 is 9.88 Å². The molecule has 1 aromatic heterocycles. The Labute approximate surface area is 140 Å². The van der Waals surface area contributed by atoms with E-state index in [1.165, 1.54) is 6.07 Å². The van der Waals surface area contributed by atoms with Crippen LogP contribution in [0.25, 0.3) is 10.9 Å². The summed E-state index contributed by atoms with van der Waals surface area (Å²) in [5.74, 6) is -0.130. The van der Waals surface area contributed by atoms with E-state index in [9.17, 15) is 9.59 Å². The average Bonchev–Trinajstić information content (AvgIpc) is 2.53.